The van der Waals surface area contributed by atoms with Gasteiger partial charge >= 0.3 is 0 Å². The number of nitrogens with zero attached hydrogens (tertiary/aromatic N) is 3. The average Bonchev–Trinajstić information content (AvgIpc) is 2.63. The van der Waals surface area contributed by atoms with Crippen molar-refractivity contribution < 1.29 is 4.39 Å². The molecule has 0 amide bonds. The quantitative estimate of drug-likeness (QED) is 0.606. The molecular weight excluding hydrogens is 315 g/mol. The Hall–Kier alpha value is -1.62. The van der Waals surface area contributed by atoms with Crippen molar-refractivity contribution in [1.29, 1.82) is 0 Å². The zero-order chi connectivity index (χ0) is 18.1. The van der Waals surface area contributed by atoms with Crippen molar-refractivity contribution in [2.75, 3.05) is 40.3 Å². The van der Waals surface area contributed by atoms with Crippen LogP contribution in [0.4, 0.5) is 4.39 Å². The van der Waals surface area contributed by atoms with Crippen LogP contribution in [-0.4, -0.2) is 56.0 Å². The maximum absolute atomic E-state index is 13.8. The molecule has 1 aromatic rings. The van der Waals surface area contributed by atoms with E-state index in [4.69, 9.17) is 0 Å². The molecule has 0 unspecified atom stereocenters. The lowest BCUT2D eigenvalue weighted by Gasteiger charge is -2.33. The summed E-state index contributed by atoms with van der Waals surface area (Å²) < 4.78 is 13.8. The number of likely N-dealkylation sites (tertiary alicyclic amines) is 1. The van der Waals surface area contributed by atoms with Crippen LogP contribution < -0.4 is 5.32 Å². The van der Waals surface area contributed by atoms with Crippen LogP contribution in [0.2, 0.25) is 0 Å². The van der Waals surface area contributed by atoms with Gasteiger partial charge in [0, 0.05) is 39.3 Å². The van der Waals surface area contributed by atoms with Gasteiger partial charge in [-0.3, -0.25) is 9.89 Å². The number of aliphatic imine (C=N–C) groups is 1. The molecule has 0 spiro atoms. The van der Waals surface area contributed by atoms with Gasteiger partial charge in [-0.15, -0.1) is 0 Å². The molecule has 0 aliphatic carbocycles. The molecule has 1 saturated heterocycles. The maximum atomic E-state index is 13.8. The zero-order valence-electron chi connectivity index (χ0n) is 16.0. The van der Waals surface area contributed by atoms with E-state index in [0.717, 1.165) is 50.5 Å². The summed E-state index contributed by atoms with van der Waals surface area (Å²) in [6, 6.07) is 7.10. The Labute approximate surface area is 152 Å². The van der Waals surface area contributed by atoms with E-state index in [9.17, 15) is 4.39 Å². The molecule has 140 valence electrons. The largest absolute Gasteiger partial charge is 0.356 e. The molecule has 25 heavy (non-hydrogen) atoms. The van der Waals surface area contributed by atoms with Crippen LogP contribution in [0.5, 0.6) is 0 Å². The van der Waals surface area contributed by atoms with Crippen LogP contribution in [0.3, 0.4) is 0 Å². The van der Waals surface area contributed by atoms with Gasteiger partial charge in [-0.05, 0) is 44.3 Å². The topological polar surface area (TPSA) is 30.9 Å². The molecule has 0 bridgehead atoms. The molecule has 0 saturated carbocycles. The predicted octanol–water partition coefficient (Wildman–Crippen LogP) is 3.35. The number of hydrogen-bond donors (Lipinski definition) is 1. The number of guanidine groups is 1. The molecule has 5 heteroatoms. The third kappa shape index (κ3) is 6.31. The van der Waals surface area contributed by atoms with Crippen molar-refractivity contribution in [3.8, 4) is 0 Å². The summed E-state index contributed by atoms with van der Waals surface area (Å²) in [5.41, 5.74) is 0.803. The highest BCUT2D eigenvalue weighted by Gasteiger charge is 2.20. The van der Waals surface area contributed by atoms with Crippen molar-refractivity contribution >= 4 is 5.96 Å². The standard InChI is InChI=1S/C20H33FN4/c1-4-5-12-24(3)20(22-2)23-15-17-10-13-25(14-11-17)16-18-8-6-7-9-19(18)21/h6-9,17H,4-5,10-16H2,1-3H3,(H,22,23). The number of hydrogen-bond acceptors (Lipinski definition) is 2. The van der Waals surface area contributed by atoms with Crippen LogP contribution in [0.25, 0.3) is 0 Å². The summed E-state index contributed by atoms with van der Waals surface area (Å²) in [6.07, 6.45) is 4.68. The van der Waals surface area contributed by atoms with Gasteiger partial charge in [0.15, 0.2) is 5.96 Å². The molecule has 0 atom stereocenters. The fourth-order valence-electron chi connectivity index (χ4n) is 3.34. The fraction of sp³-hybridized carbons (Fsp3) is 0.650. The molecule has 0 radical (unpaired) electrons. The molecule has 1 aromatic carbocycles. The van der Waals surface area contributed by atoms with Gasteiger partial charge in [0.25, 0.3) is 0 Å². The lowest BCUT2D eigenvalue weighted by atomic mass is 9.96. The Balaban J connectivity index is 1.72. The summed E-state index contributed by atoms with van der Waals surface area (Å²) in [5, 5.41) is 3.52. The van der Waals surface area contributed by atoms with Crippen molar-refractivity contribution in [2.45, 2.75) is 39.2 Å². The fourth-order valence-corrected chi connectivity index (χ4v) is 3.34. The number of unbranched alkanes of at least 4 members (excludes halogenated alkanes) is 1. The summed E-state index contributed by atoms with van der Waals surface area (Å²) in [4.78, 5) is 8.95. The van der Waals surface area contributed by atoms with Gasteiger partial charge in [0.1, 0.15) is 5.82 Å². The Morgan fingerprint density at radius 1 is 1.32 bits per heavy atom. The number of nitrogens with one attached hydrogen (secondary N) is 1. The molecule has 1 aliphatic rings. The van der Waals surface area contributed by atoms with Gasteiger partial charge in [0.2, 0.25) is 0 Å². The van der Waals surface area contributed by atoms with E-state index in [0.29, 0.717) is 12.5 Å². The van der Waals surface area contributed by atoms with Gasteiger partial charge in [-0.2, -0.15) is 0 Å². The third-order valence-corrected chi connectivity index (χ3v) is 5.03. The van der Waals surface area contributed by atoms with Gasteiger partial charge < -0.3 is 10.2 Å². The van der Waals surface area contributed by atoms with E-state index < -0.39 is 0 Å². The lowest BCUT2D eigenvalue weighted by Crippen LogP contribution is -2.43. The third-order valence-electron chi connectivity index (χ3n) is 5.03. The second-order valence-corrected chi connectivity index (χ2v) is 7.01. The Morgan fingerprint density at radius 2 is 2.04 bits per heavy atom. The Morgan fingerprint density at radius 3 is 2.68 bits per heavy atom. The number of piperidine rings is 1. The summed E-state index contributed by atoms with van der Waals surface area (Å²) in [7, 11) is 3.95. The van der Waals surface area contributed by atoms with E-state index in [1.54, 1.807) is 12.1 Å². The van der Waals surface area contributed by atoms with Crippen LogP contribution in [0.1, 0.15) is 38.2 Å². The molecule has 1 aliphatic heterocycles. The highest BCUT2D eigenvalue weighted by atomic mass is 19.1. The maximum Gasteiger partial charge on any atom is 0.193 e. The van der Waals surface area contributed by atoms with Crippen LogP contribution in [0.15, 0.2) is 29.3 Å². The number of rotatable bonds is 7. The molecule has 2 rings (SSSR count). The molecule has 1 N–H and O–H groups in total. The minimum Gasteiger partial charge on any atom is -0.356 e. The minimum atomic E-state index is -0.0924. The first-order valence-corrected chi connectivity index (χ1v) is 9.51. The first-order chi connectivity index (χ1) is 12.1. The van der Waals surface area contributed by atoms with Crippen molar-refractivity contribution in [3.05, 3.63) is 35.6 Å². The molecular formula is C20H33FN4. The van der Waals surface area contributed by atoms with Crippen molar-refractivity contribution in [2.24, 2.45) is 10.9 Å². The SMILES string of the molecule is CCCCN(C)C(=NC)NCC1CCN(Cc2ccccc2F)CC1. The molecule has 0 aromatic heterocycles. The minimum absolute atomic E-state index is 0.0924. The van der Waals surface area contributed by atoms with Crippen LogP contribution in [0, 0.1) is 11.7 Å². The van der Waals surface area contributed by atoms with Gasteiger partial charge in [-0.1, -0.05) is 31.5 Å². The van der Waals surface area contributed by atoms with E-state index in [2.05, 4.69) is 34.1 Å². The van der Waals surface area contributed by atoms with Crippen molar-refractivity contribution in [1.82, 2.24) is 15.1 Å². The van der Waals surface area contributed by atoms with Crippen molar-refractivity contribution in [3.63, 3.8) is 0 Å². The summed E-state index contributed by atoms with van der Waals surface area (Å²) in [6.45, 7) is 7.00. The average molecular weight is 349 g/mol. The molecule has 4 nitrogen and oxygen atoms in total. The second kappa shape index (κ2) is 10.4. The summed E-state index contributed by atoms with van der Waals surface area (Å²) >= 11 is 0. The second-order valence-electron chi connectivity index (χ2n) is 7.01. The number of halogens is 1. The monoisotopic (exact) mass is 348 g/mol. The first kappa shape index (κ1) is 19.7. The predicted molar refractivity (Wildman–Crippen MR) is 103 cm³/mol. The van der Waals surface area contributed by atoms with E-state index in [1.165, 1.54) is 12.8 Å². The normalized spacial score (nSPS) is 16.9. The van der Waals surface area contributed by atoms with E-state index in [-0.39, 0.29) is 5.82 Å². The van der Waals surface area contributed by atoms with E-state index in [1.807, 2.05) is 19.2 Å². The van der Waals surface area contributed by atoms with E-state index >= 15 is 0 Å². The van der Waals surface area contributed by atoms with Crippen LogP contribution >= 0.6 is 0 Å². The Kier molecular flexibility index (Phi) is 8.19. The van der Waals surface area contributed by atoms with Gasteiger partial charge in [-0.25, -0.2) is 4.39 Å². The number of benzene rings is 1. The lowest BCUT2D eigenvalue weighted by molar-refractivity contribution is 0.176. The van der Waals surface area contributed by atoms with Crippen LogP contribution in [-0.2, 0) is 6.54 Å². The Bertz CT molecular complexity index is 538. The summed E-state index contributed by atoms with van der Waals surface area (Å²) in [5.74, 6) is 1.56. The molecule has 1 heterocycles. The highest BCUT2D eigenvalue weighted by molar-refractivity contribution is 5.79. The zero-order valence-corrected chi connectivity index (χ0v) is 16.0. The van der Waals surface area contributed by atoms with Gasteiger partial charge in [0.05, 0.1) is 0 Å². The smallest absolute Gasteiger partial charge is 0.193 e. The molecule has 1 fully saturated rings. The highest BCUT2D eigenvalue weighted by Crippen LogP contribution is 2.19. The first-order valence-electron chi connectivity index (χ1n) is 9.51.